The number of ether oxygens (including phenoxy) is 1. The number of nitrogens with two attached hydrogens (primary N) is 1. The normalized spacial score (nSPS) is 10.2. The van der Waals surface area contributed by atoms with Crippen molar-refractivity contribution >= 4 is 17.3 Å². The molecule has 2 nitrogen and oxygen atoms in total. The molecule has 0 saturated carbocycles. The predicted octanol–water partition coefficient (Wildman–Crippen LogP) is 3.81. The zero-order valence-corrected chi connectivity index (χ0v) is 10.4. The zero-order chi connectivity index (χ0) is 12.3. The summed E-state index contributed by atoms with van der Waals surface area (Å²) in [5, 5.41) is 0.573. The lowest BCUT2D eigenvalue weighted by atomic mass is 10.2. The Morgan fingerprint density at radius 1 is 1.18 bits per heavy atom. The third-order valence-corrected chi connectivity index (χ3v) is 2.80. The van der Waals surface area contributed by atoms with Gasteiger partial charge in [0.15, 0.2) is 0 Å². The molecule has 2 rings (SSSR count). The van der Waals surface area contributed by atoms with Gasteiger partial charge < -0.3 is 10.5 Å². The standard InChI is InChI=1S/C14H14ClNO/c1-10-3-2-4-12(7-10)17-9-11-5-6-13(15)14(16)8-11/h2-8H,9,16H2,1H3. The first-order valence-electron chi connectivity index (χ1n) is 5.38. The summed E-state index contributed by atoms with van der Waals surface area (Å²) in [4.78, 5) is 0. The molecule has 0 fully saturated rings. The summed E-state index contributed by atoms with van der Waals surface area (Å²) in [6, 6.07) is 13.5. The van der Waals surface area contributed by atoms with Gasteiger partial charge in [-0.05, 0) is 42.3 Å². The van der Waals surface area contributed by atoms with Gasteiger partial charge in [0.1, 0.15) is 12.4 Å². The van der Waals surface area contributed by atoms with Crippen molar-refractivity contribution in [2.75, 3.05) is 5.73 Å². The monoisotopic (exact) mass is 247 g/mol. The van der Waals surface area contributed by atoms with Gasteiger partial charge in [-0.15, -0.1) is 0 Å². The van der Waals surface area contributed by atoms with E-state index < -0.39 is 0 Å². The van der Waals surface area contributed by atoms with Gasteiger partial charge >= 0.3 is 0 Å². The molecule has 0 saturated heterocycles. The summed E-state index contributed by atoms with van der Waals surface area (Å²) >= 11 is 5.85. The van der Waals surface area contributed by atoms with E-state index in [1.165, 1.54) is 5.56 Å². The lowest BCUT2D eigenvalue weighted by molar-refractivity contribution is 0.306. The Morgan fingerprint density at radius 3 is 2.71 bits per heavy atom. The number of benzene rings is 2. The van der Waals surface area contributed by atoms with Crippen molar-refractivity contribution in [1.29, 1.82) is 0 Å². The van der Waals surface area contributed by atoms with Gasteiger partial charge in [-0.3, -0.25) is 0 Å². The van der Waals surface area contributed by atoms with E-state index >= 15 is 0 Å². The Labute approximate surface area is 106 Å². The van der Waals surface area contributed by atoms with Crippen LogP contribution in [-0.4, -0.2) is 0 Å². The molecule has 88 valence electrons. The van der Waals surface area contributed by atoms with Crippen LogP contribution in [0.4, 0.5) is 5.69 Å². The van der Waals surface area contributed by atoms with Crippen LogP contribution in [0.15, 0.2) is 42.5 Å². The van der Waals surface area contributed by atoms with E-state index in [0.29, 0.717) is 17.3 Å². The first-order chi connectivity index (χ1) is 8.15. The smallest absolute Gasteiger partial charge is 0.120 e. The molecule has 0 aliphatic rings. The number of rotatable bonds is 3. The largest absolute Gasteiger partial charge is 0.489 e. The SMILES string of the molecule is Cc1cccc(OCc2ccc(Cl)c(N)c2)c1. The first-order valence-corrected chi connectivity index (χ1v) is 5.76. The maximum absolute atomic E-state index is 5.85. The van der Waals surface area contributed by atoms with Crippen molar-refractivity contribution in [1.82, 2.24) is 0 Å². The average molecular weight is 248 g/mol. The fourth-order valence-electron chi connectivity index (χ4n) is 1.55. The lowest BCUT2D eigenvalue weighted by Gasteiger charge is -2.08. The van der Waals surface area contributed by atoms with E-state index in [0.717, 1.165) is 11.3 Å². The van der Waals surface area contributed by atoms with Crippen LogP contribution in [0.5, 0.6) is 5.75 Å². The minimum atomic E-state index is 0.491. The Hall–Kier alpha value is -1.67. The van der Waals surface area contributed by atoms with Gasteiger partial charge in [-0.25, -0.2) is 0 Å². The van der Waals surface area contributed by atoms with Crippen LogP contribution in [0.25, 0.3) is 0 Å². The van der Waals surface area contributed by atoms with Crippen LogP contribution in [0.2, 0.25) is 5.02 Å². The number of hydrogen-bond acceptors (Lipinski definition) is 2. The number of aryl methyl sites for hydroxylation is 1. The quantitative estimate of drug-likeness (QED) is 0.837. The summed E-state index contributed by atoms with van der Waals surface area (Å²) in [6.07, 6.45) is 0. The van der Waals surface area contributed by atoms with E-state index in [9.17, 15) is 0 Å². The summed E-state index contributed by atoms with van der Waals surface area (Å²) < 4.78 is 5.67. The fraction of sp³-hybridized carbons (Fsp3) is 0.143. The maximum Gasteiger partial charge on any atom is 0.120 e. The van der Waals surface area contributed by atoms with E-state index in [2.05, 4.69) is 0 Å². The summed E-state index contributed by atoms with van der Waals surface area (Å²) in [6.45, 7) is 2.53. The molecular formula is C14H14ClNO. The Kier molecular flexibility index (Phi) is 3.55. The molecule has 2 N–H and O–H groups in total. The van der Waals surface area contributed by atoms with E-state index in [4.69, 9.17) is 22.1 Å². The highest BCUT2D eigenvalue weighted by Crippen LogP contribution is 2.21. The van der Waals surface area contributed by atoms with Crippen molar-refractivity contribution in [3.8, 4) is 5.75 Å². The van der Waals surface area contributed by atoms with E-state index in [1.54, 1.807) is 6.07 Å². The summed E-state index contributed by atoms with van der Waals surface area (Å²) in [5.41, 5.74) is 8.49. The minimum Gasteiger partial charge on any atom is -0.489 e. The van der Waals surface area contributed by atoms with Crippen LogP contribution < -0.4 is 10.5 Å². The highest BCUT2D eigenvalue weighted by atomic mass is 35.5. The molecule has 0 radical (unpaired) electrons. The molecule has 0 aliphatic heterocycles. The third kappa shape index (κ3) is 3.14. The summed E-state index contributed by atoms with van der Waals surface area (Å²) in [5.74, 6) is 0.860. The maximum atomic E-state index is 5.85. The van der Waals surface area contributed by atoms with Crippen molar-refractivity contribution < 1.29 is 4.74 Å². The van der Waals surface area contributed by atoms with Gasteiger partial charge in [-0.1, -0.05) is 29.8 Å². The predicted molar refractivity (Wildman–Crippen MR) is 71.4 cm³/mol. The molecule has 0 amide bonds. The molecule has 3 heteroatoms. The number of anilines is 1. The first kappa shape index (κ1) is 11.8. The Bertz CT molecular complexity index is 525. The van der Waals surface area contributed by atoms with Crippen LogP contribution in [-0.2, 0) is 6.61 Å². The second-order valence-corrected chi connectivity index (χ2v) is 4.37. The molecule has 0 aromatic heterocycles. The van der Waals surface area contributed by atoms with E-state index in [-0.39, 0.29) is 0 Å². The number of nitrogen functional groups attached to an aromatic ring is 1. The van der Waals surface area contributed by atoms with Crippen molar-refractivity contribution in [3.05, 3.63) is 58.6 Å². The molecular weight excluding hydrogens is 234 g/mol. The van der Waals surface area contributed by atoms with Gasteiger partial charge in [0.05, 0.1) is 10.7 Å². The number of halogens is 1. The lowest BCUT2D eigenvalue weighted by Crippen LogP contribution is -1.97. The Balaban J connectivity index is 2.05. The van der Waals surface area contributed by atoms with Crippen molar-refractivity contribution in [2.24, 2.45) is 0 Å². The highest BCUT2D eigenvalue weighted by Gasteiger charge is 2.00. The van der Waals surface area contributed by atoms with Gasteiger partial charge in [0, 0.05) is 0 Å². The minimum absolute atomic E-state index is 0.491. The van der Waals surface area contributed by atoms with Gasteiger partial charge in [0.25, 0.3) is 0 Å². The molecule has 17 heavy (non-hydrogen) atoms. The summed E-state index contributed by atoms with van der Waals surface area (Å²) in [7, 11) is 0. The van der Waals surface area contributed by atoms with Crippen molar-refractivity contribution in [2.45, 2.75) is 13.5 Å². The van der Waals surface area contributed by atoms with Crippen LogP contribution in [0.3, 0.4) is 0 Å². The molecule has 0 aliphatic carbocycles. The van der Waals surface area contributed by atoms with Gasteiger partial charge in [-0.2, -0.15) is 0 Å². The van der Waals surface area contributed by atoms with Crippen LogP contribution in [0, 0.1) is 6.92 Å². The highest BCUT2D eigenvalue weighted by molar-refractivity contribution is 6.33. The average Bonchev–Trinajstić information content (AvgIpc) is 2.31. The van der Waals surface area contributed by atoms with E-state index in [1.807, 2.05) is 43.3 Å². The molecule has 0 unspecified atom stereocenters. The molecule has 0 spiro atoms. The van der Waals surface area contributed by atoms with Crippen molar-refractivity contribution in [3.63, 3.8) is 0 Å². The van der Waals surface area contributed by atoms with Gasteiger partial charge in [0.2, 0.25) is 0 Å². The molecule has 0 atom stereocenters. The molecule has 0 heterocycles. The van der Waals surface area contributed by atoms with Crippen LogP contribution in [0.1, 0.15) is 11.1 Å². The number of hydrogen-bond donors (Lipinski definition) is 1. The second kappa shape index (κ2) is 5.11. The topological polar surface area (TPSA) is 35.2 Å². The van der Waals surface area contributed by atoms with Crippen LogP contribution >= 0.6 is 11.6 Å². The molecule has 2 aromatic rings. The zero-order valence-electron chi connectivity index (χ0n) is 9.61. The third-order valence-electron chi connectivity index (χ3n) is 2.46. The molecule has 0 bridgehead atoms. The molecule has 2 aromatic carbocycles. The second-order valence-electron chi connectivity index (χ2n) is 3.96. The fourth-order valence-corrected chi connectivity index (χ4v) is 1.67. The Morgan fingerprint density at radius 2 is 2.00 bits per heavy atom.